The Labute approximate surface area is 107 Å². The molecule has 96 valence electrons. The Morgan fingerprint density at radius 1 is 1.56 bits per heavy atom. The Balaban J connectivity index is 1.95. The van der Waals surface area contributed by atoms with Crippen LogP contribution in [-0.4, -0.2) is 30.6 Å². The van der Waals surface area contributed by atoms with Gasteiger partial charge in [-0.05, 0) is 45.0 Å². The molecule has 1 aliphatic carbocycles. The van der Waals surface area contributed by atoms with Gasteiger partial charge in [-0.15, -0.1) is 0 Å². The van der Waals surface area contributed by atoms with Crippen LogP contribution in [-0.2, 0) is 0 Å². The van der Waals surface area contributed by atoms with Crippen LogP contribution in [0.5, 0.6) is 0 Å². The first-order valence-electron chi connectivity index (χ1n) is 6.27. The van der Waals surface area contributed by atoms with Crippen LogP contribution in [0.2, 0.25) is 0 Å². The molecule has 0 aromatic heterocycles. The quantitative estimate of drug-likeness (QED) is 0.869. The highest BCUT2D eigenvalue weighted by Gasteiger charge is 2.28. The number of hydrogen-bond acceptors (Lipinski definition) is 3. The summed E-state index contributed by atoms with van der Waals surface area (Å²) in [7, 11) is 2.12. The number of nitrogens with zero attached hydrogens (tertiary/aromatic N) is 2. The smallest absolute Gasteiger partial charge is 0.124 e. The zero-order chi connectivity index (χ0) is 13.1. The lowest BCUT2D eigenvalue weighted by Crippen LogP contribution is -2.36. The van der Waals surface area contributed by atoms with Crippen LogP contribution in [0.15, 0.2) is 18.2 Å². The molecule has 0 heterocycles. The molecular weight excluding hydrogens is 229 g/mol. The van der Waals surface area contributed by atoms with Crippen molar-refractivity contribution < 1.29 is 4.39 Å². The molecule has 1 unspecified atom stereocenters. The first-order valence-corrected chi connectivity index (χ1v) is 6.27. The molecule has 4 heteroatoms. The molecule has 1 N–H and O–H groups in total. The number of benzene rings is 1. The number of hydrogen-bond donors (Lipinski definition) is 1. The van der Waals surface area contributed by atoms with Gasteiger partial charge in [-0.25, -0.2) is 4.39 Å². The SMILES string of the molecule is CC(CNc1ccc(F)cc1C#N)N(C)C1CC1. The van der Waals surface area contributed by atoms with Crippen LogP contribution in [0.4, 0.5) is 10.1 Å². The fourth-order valence-electron chi connectivity index (χ4n) is 2.01. The summed E-state index contributed by atoms with van der Waals surface area (Å²) in [5, 5.41) is 12.2. The number of nitriles is 1. The summed E-state index contributed by atoms with van der Waals surface area (Å²) in [4.78, 5) is 2.35. The monoisotopic (exact) mass is 247 g/mol. The minimum Gasteiger partial charge on any atom is -0.382 e. The second-order valence-electron chi connectivity index (χ2n) is 4.93. The fraction of sp³-hybridized carbons (Fsp3) is 0.500. The van der Waals surface area contributed by atoms with Crippen LogP contribution < -0.4 is 5.32 Å². The number of rotatable bonds is 5. The van der Waals surface area contributed by atoms with E-state index < -0.39 is 0 Å². The number of halogens is 1. The van der Waals surface area contributed by atoms with Gasteiger partial charge in [-0.1, -0.05) is 0 Å². The standard InChI is InChI=1S/C14H18FN3/c1-10(18(2)13-4-5-13)9-17-14-6-3-12(15)7-11(14)8-16/h3,6-7,10,13,17H,4-5,9H2,1-2H3. The summed E-state index contributed by atoms with van der Waals surface area (Å²) < 4.78 is 13.0. The molecule has 0 radical (unpaired) electrons. The predicted molar refractivity (Wildman–Crippen MR) is 69.9 cm³/mol. The molecule has 0 spiro atoms. The lowest BCUT2D eigenvalue weighted by molar-refractivity contribution is 0.257. The van der Waals surface area contributed by atoms with E-state index in [9.17, 15) is 4.39 Å². The molecule has 1 aliphatic rings. The molecule has 0 saturated heterocycles. The molecule has 3 nitrogen and oxygen atoms in total. The van der Waals surface area contributed by atoms with E-state index in [2.05, 4.69) is 24.2 Å². The van der Waals surface area contributed by atoms with Gasteiger partial charge in [0.1, 0.15) is 11.9 Å². The van der Waals surface area contributed by atoms with E-state index in [0.29, 0.717) is 23.3 Å². The Morgan fingerprint density at radius 2 is 2.28 bits per heavy atom. The van der Waals surface area contributed by atoms with Gasteiger partial charge in [-0.2, -0.15) is 5.26 Å². The Morgan fingerprint density at radius 3 is 2.89 bits per heavy atom. The number of nitrogens with one attached hydrogen (secondary N) is 1. The molecule has 18 heavy (non-hydrogen) atoms. The zero-order valence-corrected chi connectivity index (χ0v) is 10.8. The van der Waals surface area contributed by atoms with Crippen molar-refractivity contribution in [3.05, 3.63) is 29.6 Å². The summed E-state index contributed by atoms with van der Waals surface area (Å²) >= 11 is 0. The van der Waals surface area contributed by atoms with Crippen molar-refractivity contribution in [2.24, 2.45) is 0 Å². The maximum atomic E-state index is 13.0. The average molecular weight is 247 g/mol. The van der Waals surface area contributed by atoms with Crippen LogP contribution in [0.1, 0.15) is 25.3 Å². The van der Waals surface area contributed by atoms with Crippen LogP contribution in [0.3, 0.4) is 0 Å². The zero-order valence-electron chi connectivity index (χ0n) is 10.8. The fourth-order valence-corrected chi connectivity index (χ4v) is 2.01. The highest BCUT2D eigenvalue weighted by atomic mass is 19.1. The van der Waals surface area contributed by atoms with Crippen molar-refractivity contribution in [1.29, 1.82) is 5.26 Å². The Bertz CT molecular complexity index is 463. The van der Waals surface area contributed by atoms with Crippen LogP contribution in [0, 0.1) is 17.1 Å². The third kappa shape index (κ3) is 2.99. The molecule has 1 fully saturated rings. The highest BCUT2D eigenvalue weighted by Crippen LogP contribution is 2.27. The lowest BCUT2D eigenvalue weighted by atomic mass is 10.2. The topological polar surface area (TPSA) is 39.1 Å². The maximum Gasteiger partial charge on any atom is 0.124 e. The molecule has 0 amide bonds. The van der Waals surface area contributed by atoms with Gasteiger partial charge in [0.05, 0.1) is 11.3 Å². The van der Waals surface area contributed by atoms with Crippen molar-refractivity contribution >= 4 is 5.69 Å². The lowest BCUT2D eigenvalue weighted by Gasteiger charge is -2.25. The molecule has 1 saturated carbocycles. The molecule has 0 aliphatic heterocycles. The van der Waals surface area contributed by atoms with E-state index in [1.54, 1.807) is 6.07 Å². The molecule has 1 atom stereocenters. The van der Waals surface area contributed by atoms with E-state index in [0.717, 1.165) is 6.54 Å². The highest BCUT2D eigenvalue weighted by molar-refractivity contribution is 5.57. The van der Waals surface area contributed by atoms with E-state index >= 15 is 0 Å². The second kappa shape index (κ2) is 5.36. The van der Waals surface area contributed by atoms with E-state index in [1.807, 2.05) is 6.07 Å². The summed E-state index contributed by atoms with van der Waals surface area (Å²) in [6, 6.07) is 7.38. The number of anilines is 1. The first kappa shape index (κ1) is 12.8. The van der Waals surface area contributed by atoms with E-state index in [1.165, 1.54) is 25.0 Å². The van der Waals surface area contributed by atoms with Crippen molar-refractivity contribution in [2.75, 3.05) is 18.9 Å². The molecular formula is C14H18FN3. The Hall–Kier alpha value is -1.60. The maximum absolute atomic E-state index is 13.0. The summed E-state index contributed by atoms with van der Waals surface area (Å²) in [5.74, 6) is -0.375. The van der Waals surface area contributed by atoms with Gasteiger partial charge in [0.15, 0.2) is 0 Å². The number of likely N-dealkylation sites (N-methyl/N-ethyl adjacent to an activating group) is 1. The average Bonchev–Trinajstić information content (AvgIpc) is 3.20. The van der Waals surface area contributed by atoms with Crippen molar-refractivity contribution in [3.8, 4) is 6.07 Å². The Kier molecular flexibility index (Phi) is 3.83. The third-order valence-electron chi connectivity index (χ3n) is 3.51. The van der Waals surface area contributed by atoms with Crippen molar-refractivity contribution in [1.82, 2.24) is 4.90 Å². The van der Waals surface area contributed by atoms with E-state index in [4.69, 9.17) is 5.26 Å². The van der Waals surface area contributed by atoms with Gasteiger partial charge in [0, 0.05) is 18.6 Å². The molecule has 2 rings (SSSR count). The van der Waals surface area contributed by atoms with Crippen molar-refractivity contribution in [2.45, 2.75) is 31.8 Å². The van der Waals surface area contributed by atoms with Crippen LogP contribution >= 0.6 is 0 Å². The van der Waals surface area contributed by atoms with Gasteiger partial charge in [-0.3, -0.25) is 4.90 Å². The minimum atomic E-state index is -0.375. The van der Waals surface area contributed by atoms with Crippen molar-refractivity contribution in [3.63, 3.8) is 0 Å². The van der Waals surface area contributed by atoms with E-state index in [-0.39, 0.29) is 5.82 Å². The summed E-state index contributed by atoms with van der Waals surface area (Å²) in [6.45, 7) is 2.91. The predicted octanol–water partition coefficient (Wildman–Crippen LogP) is 2.59. The van der Waals surface area contributed by atoms with Gasteiger partial charge in [0.2, 0.25) is 0 Å². The van der Waals surface area contributed by atoms with Gasteiger partial charge >= 0.3 is 0 Å². The minimum absolute atomic E-state index is 0.358. The third-order valence-corrected chi connectivity index (χ3v) is 3.51. The molecule has 1 aromatic rings. The van der Waals surface area contributed by atoms with Crippen LogP contribution in [0.25, 0.3) is 0 Å². The van der Waals surface area contributed by atoms with Gasteiger partial charge < -0.3 is 5.32 Å². The molecule has 0 bridgehead atoms. The first-order chi connectivity index (χ1) is 8.61. The largest absolute Gasteiger partial charge is 0.382 e. The summed E-state index contributed by atoms with van der Waals surface area (Å²) in [6.07, 6.45) is 2.56. The molecule has 1 aromatic carbocycles. The second-order valence-corrected chi connectivity index (χ2v) is 4.93. The normalized spacial score (nSPS) is 16.4. The summed E-state index contributed by atoms with van der Waals surface area (Å²) in [5.41, 5.74) is 1.06. The van der Waals surface area contributed by atoms with Gasteiger partial charge in [0.25, 0.3) is 0 Å².